The molecule has 0 heterocycles. The molecule has 1 N–H and O–H groups in total. The summed E-state index contributed by atoms with van der Waals surface area (Å²) in [6, 6.07) is 4.54. The Hall–Kier alpha value is -1.31. The van der Waals surface area contributed by atoms with E-state index in [0.29, 0.717) is 5.41 Å². The van der Waals surface area contributed by atoms with Crippen molar-refractivity contribution >= 4 is 5.97 Å². The van der Waals surface area contributed by atoms with Gasteiger partial charge in [0.2, 0.25) is 0 Å². The number of rotatable bonds is 8. The summed E-state index contributed by atoms with van der Waals surface area (Å²) in [5, 5.41) is 9.35. The fourth-order valence-corrected chi connectivity index (χ4v) is 3.65. The number of hydrogen-bond acceptors (Lipinski definition) is 1. The molecule has 0 atom stereocenters. The first-order chi connectivity index (χ1) is 11.1. The quantitative estimate of drug-likeness (QED) is 0.648. The third-order valence-electron chi connectivity index (χ3n) is 5.73. The standard InChI is InChI=1S/C22H34O2/c1-16-10-11-18(8-6-12-21(3,4)5)19(17(16)2)9-7-13-22(14-15-22)20(23)24/h10-11H,6-9,12-15H2,1-5H3,(H,23,24). The van der Waals surface area contributed by atoms with Crippen molar-refractivity contribution in [3.05, 3.63) is 34.4 Å². The highest BCUT2D eigenvalue weighted by Gasteiger charge is 2.49. The molecule has 0 aliphatic heterocycles. The Morgan fingerprint density at radius 2 is 1.79 bits per heavy atom. The summed E-state index contributed by atoms with van der Waals surface area (Å²) in [6.45, 7) is 11.3. The second-order valence-corrected chi connectivity index (χ2v) is 9.00. The van der Waals surface area contributed by atoms with Crippen LogP contribution in [0.4, 0.5) is 0 Å². The summed E-state index contributed by atoms with van der Waals surface area (Å²) in [7, 11) is 0. The van der Waals surface area contributed by atoms with Crippen LogP contribution in [-0.4, -0.2) is 11.1 Å². The largest absolute Gasteiger partial charge is 0.481 e. The lowest BCUT2D eigenvalue weighted by atomic mass is 9.86. The van der Waals surface area contributed by atoms with Crippen molar-refractivity contribution in [1.82, 2.24) is 0 Å². The molecule has 0 unspecified atom stereocenters. The van der Waals surface area contributed by atoms with Gasteiger partial charge in [-0.3, -0.25) is 4.79 Å². The highest BCUT2D eigenvalue weighted by Crippen LogP contribution is 2.50. The molecule has 0 spiro atoms. The van der Waals surface area contributed by atoms with Gasteiger partial charge in [0.25, 0.3) is 0 Å². The van der Waals surface area contributed by atoms with Crippen molar-refractivity contribution in [3.63, 3.8) is 0 Å². The first-order valence-electron chi connectivity index (χ1n) is 9.46. The fourth-order valence-electron chi connectivity index (χ4n) is 3.65. The minimum atomic E-state index is -0.589. The lowest BCUT2D eigenvalue weighted by Crippen LogP contribution is -2.15. The van der Waals surface area contributed by atoms with Crippen molar-refractivity contribution < 1.29 is 9.90 Å². The molecule has 0 bridgehead atoms. The van der Waals surface area contributed by atoms with Crippen molar-refractivity contribution in [3.8, 4) is 0 Å². The Bertz CT molecular complexity index is 589. The van der Waals surface area contributed by atoms with E-state index in [0.717, 1.165) is 38.5 Å². The van der Waals surface area contributed by atoms with Gasteiger partial charge >= 0.3 is 5.97 Å². The van der Waals surface area contributed by atoms with Crippen LogP contribution in [0.15, 0.2) is 12.1 Å². The van der Waals surface area contributed by atoms with Crippen LogP contribution in [0.5, 0.6) is 0 Å². The maximum atomic E-state index is 11.3. The van der Waals surface area contributed by atoms with Crippen molar-refractivity contribution in [2.24, 2.45) is 10.8 Å². The molecule has 0 aromatic heterocycles. The molecule has 2 nitrogen and oxygen atoms in total. The topological polar surface area (TPSA) is 37.3 Å². The zero-order chi connectivity index (χ0) is 18.0. The third-order valence-corrected chi connectivity index (χ3v) is 5.73. The van der Waals surface area contributed by atoms with Gasteiger partial charge in [0.05, 0.1) is 5.41 Å². The molecule has 1 aromatic carbocycles. The van der Waals surface area contributed by atoms with Crippen LogP contribution in [0, 0.1) is 24.7 Å². The zero-order valence-corrected chi connectivity index (χ0v) is 16.2. The Labute approximate surface area is 147 Å². The average Bonchev–Trinajstić information content (AvgIpc) is 3.25. The molecule has 1 fully saturated rings. The number of aryl methyl sites for hydroxylation is 2. The smallest absolute Gasteiger partial charge is 0.309 e. The Morgan fingerprint density at radius 1 is 1.12 bits per heavy atom. The molecule has 0 saturated heterocycles. The summed E-state index contributed by atoms with van der Waals surface area (Å²) < 4.78 is 0. The van der Waals surface area contributed by atoms with E-state index >= 15 is 0 Å². The Morgan fingerprint density at radius 3 is 2.33 bits per heavy atom. The molecule has 0 amide bonds. The molecule has 1 aliphatic carbocycles. The first kappa shape index (κ1) is 19.0. The van der Waals surface area contributed by atoms with Crippen LogP contribution < -0.4 is 0 Å². The van der Waals surface area contributed by atoms with E-state index in [-0.39, 0.29) is 5.41 Å². The lowest BCUT2D eigenvalue weighted by molar-refractivity contribution is -0.143. The first-order valence-corrected chi connectivity index (χ1v) is 9.46. The average molecular weight is 331 g/mol. The highest BCUT2D eigenvalue weighted by atomic mass is 16.4. The SMILES string of the molecule is Cc1ccc(CCCC(C)(C)C)c(CCCC2(C(=O)O)CC2)c1C. The van der Waals surface area contributed by atoms with Crippen molar-refractivity contribution in [1.29, 1.82) is 0 Å². The molecule has 134 valence electrons. The summed E-state index contributed by atoms with van der Waals surface area (Å²) >= 11 is 0. The maximum absolute atomic E-state index is 11.3. The summed E-state index contributed by atoms with van der Waals surface area (Å²) in [5.74, 6) is -0.589. The molecule has 1 aromatic rings. The second-order valence-electron chi connectivity index (χ2n) is 9.00. The molecule has 1 saturated carbocycles. The zero-order valence-electron chi connectivity index (χ0n) is 16.2. The predicted molar refractivity (Wildman–Crippen MR) is 101 cm³/mol. The van der Waals surface area contributed by atoms with E-state index in [4.69, 9.17) is 0 Å². The van der Waals surface area contributed by atoms with Gasteiger partial charge in [-0.15, -0.1) is 0 Å². The second kappa shape index (κ2) is 7.29. The lowest BCUT2D eigenvalue weighted by Gasteiger charge is -2.20. The Kier molecular flexibility index (Phi) is 5.78. The van der Waals surface area contributed by atoms with Gasteiger partial charge in [0.15, 0.2) is 0 Å². The molecule has 0 radical (unpaired) electrons. The van der Waals surface area contributed by atoms with E-state index in [9.17, 15) is 9.90 Å². The monoisotopic (exact) mass is 330 g/mol. The number of carboxylic acid groups (broad SMARTS) is 1. The van der Waals surface area contributed by atoms with E-state index < -0.39 is 5.97 Å². The van der Waals surface area contributed by atoms with Crippen molar-refractivity contribution in [2.75, 3.05) is 0 Å². The fraction of sp³-hybridized carbons (Fsp3) is 0.682. The molecular formula is C22H34O2. The van der Waals surface area contributed by atoms with Crippen LogP contribution in [0.1, 0.15) is 81.5 Å². The summed E-state index contributed by atoms with van der Waals surface area (Å²) in [4.78, 5) is 11.3. The van der Waals surface area contributed by atoms with Gasteiger partial charge in [-0.25, -0.2) is 0 Å². The minimum absolute atomic E-state index is 0.385. The van der Waals surface area contributed by atoms with Crippen LogP contribution in [0.25, 0.3) is 0 Å². The van der Waals surface area contributed by atoms with Gasteiger partial charge in [-0.2, -0.15) is 0 Å². The number of benzene rings is 1. The predicted octanol–water partition coefficient (Wildman–Crippen LogP) is 5.86. The third kappa shape index (κ3) is 4.84. The van der Waals surface area contributed by atoms with Crippen LogP contribution in [0.3, 0.4) is 0 Å². The van der Waals surface area contributed by atoms with Crippen LogP contribution in [0.2, 0.25) is 0 Å². The maximum Gasteiger partial charge on any atom is 0.309 e. The molecular weight excluding hydrogens is 296 g/mol. The molecule has 2 heteroatoms. The number of aliphatic carboxylic acids is 1. The van der Waals surface area contributed by atoms with Gasteiger partial charge in [-0.1, -0.05) is 32.9 Å². The van der Waals surface area contributed by atoms with Crippen molar-refractivity contribution in [2.45, 2.75) is 86.0 Å². The van der Waals surface area contributed by atoms with E-state index in [1.54, 1.807) is 0 Å². The summed E-state index contributed by atoms with van der Waals surface area (Å²) in [5.41, 5.74) is 5.71. The van der Waals surface area contributed by atoms with E-state index in [1.807, 2.05) is 0 Å². The molecule has 24 heavy (non-hydrogen) atoms. The summed E-state index contributed by atoms with van der Waals surface area (Å²) in [6.07, 6.45) is 8.17. The highest BCUT2D eigenvalue weighted by molar-refractivity contribution is 5.77. The number of hydrogen-bond donors (Lipinski definition) is 1. The van der Waals surface area contributed by atoms with Gasteiger partial charge < -0.3 is 5.11 Å². The van der Waals surface area contributed by atoms with E-state index in [1.165, 1.54) is 35.1 Å². The van der Waals surface area contributed by atoms with Gasteiger partial charge in [0, 0.05) is 0 Å². The minimum Gasteiger partial charge on any atom is -0.481 e. The van der Waals surface area contributed by atoms with Gasteiger partial charge in [-0.05, 0) is 92.9 Å². The number of carbonyl (C=O) groups is 1. The molecule has 2 rings (SSSR count). The van der Waals surface area contributed by atoms with E-state index in [2.05, 4.69) is 46.8 Å². The number of carboxylic acids is 1. The van der Waals surface area contributed by atoms with Crippen LogP contribution in [-0.2, 0) is 17.6 Å². The Balaban J connectivity index is 2.01. The normalized spacial score (nSPS) is 16.2. The van der Waals surface area contributed by atoms with Crippen LogP contribution >= 0.6 is 0 Å². The van der Waals surface area contributed by atoms with Gasteiger partial charge in [0.1, 0.15) is 0 Å². The molecule has 1 aliphatic rings.